The van der Waals surface area contributed by atoms with Crippen LogP contribution in [0.15, 0.2) is 159 Å². The Morgan fingerprint density at radius 3 is 0.554 bits per heavy atom. The van der Waals surface area contributed by atoms with E-state index < -0.39 is 43.9 Å². The van der Waals surface area contributed by atoms with E-state index in [4.69, 9.17) is 125 Å². The molecule has 4 rings (SSSR count). The van der Waals surface area contributed by atoms with Crippen molar-refractivity contribution in [3.05, 3.63) is 182 Å². The fourth-order valence-electron chi connectivity index (χ4n) is 3.12. The third kappa shape index (κ3) is 73.1. The molecule has 0 bridgehead atoms. The number of nitrogens with zero attached hydrogens (tertiary/aromatic N) is 20. The molecule has 92 heavy (non-hydrogen) atoms. The van der Waals surface area contributed by atoms with Crippen molar-refractivity contribution in [1.82, 2.24) is 19.9 Å². The molecule has 0 saturated carbocycles. The number of hydrogen-bond donors (Lipinski definition) is 12. The second kappa shape index (κ2) is 76.0. The molecule has 0 unspecified atom stereocenters. The van der Waals surface area contributed by atoms with E-state index in [2.05, 4.69) is 81.4 Å². The van der Waals surface area contributed by atoms with Crippen LogP contribution in [0.5, 0.6) is 0 Å². The van der Waals surface area contributed by atoms with Crippen molar-refractivity contribution in [2.75, 3.05) is 28.4 Å². The van der Waals surface area contributed by atoms with Gasteiger partial charge in [-0.3, -0.25) is 19.9 Å². The number of hydrogen-bond acceptors (Lipinski definition) is 40. The average molecular weight is 1490 g/mol. The maximum atomic E-state index is 11.1. The minimum atomic E-state index is -1.75. The standard InChI is InChI=1S/4C9H11N5O2.4CH4O.4NO3.4Ni/c4*1-6(14-16)9(15)13-12-8(10)7-4-2-3-5-11-7;4*1-2;4*2-1(3)4;;;;/h4*2-5,16H,1H3,(H2,10,12)(H,13,15);4*2H,1H3;;;;;;;;/q;;;;;;;;4*-1;4*+2/p-4/b4*14-6+;;;;;;;;;;;;. The predicted octanol–water partition coefficient (Wildman–Crippen LogP) is -5.29. The van der Waals surface area contributed by atoms with Crippen LogP contribution in [-0.4, -0.2) is 180 Å². The van der Waals surface area contributed by atoms with Crippen molar-refractivity contribution in [1.29, 1.82) is 0 Å². The van der Waals surface area contributed by atoms with Crippen molar-refractivity contribution in [3.63, 3.8) is 0 Å². The van der Waals surface area contributed by atoms with Crippen molar-refractivity contribution in [2.45, 2.75) is 27.7 Å². The fraction of sp³-hybridized carbons (Fsp3) is 0.200. The molecule has 0 amide bonds. The Hall–Kier alpha value is -11.1. The summed E-state index contributed by atoms with van der Waals surface area (Å²) in [6.45, 7) is 5.22. The van der Waals surface area contributed by atoms with E-state index in [1.54, 1.807) is 97.6 Å². The second-order valence-electron chi connectivity index (χ2n) is 12.1. The van der Waals surface area contributed by atoms with Crippen LogP contribution in [-0.2, 0) is 66.0 Å². The SMILES string of the molecule is CC(=N\O)/C([O-])=N/N=C(\N)c1ccccn1.CC(=N\O)/C([O-])=N/N=C(\N)c1ccccn1.CC(=N\O)/C([O-])=N/N=C(\N)c1ccccn1.CC(=N\O)/C([O-])=N/N=C(\N)c1ccccn1.CO.CO.CO.CO.O=[N+]([O-])[O-].O=[N+]([O-])[O-].O=[N+]([O-])[O-].O=[N+]([O-])[O-].[Ni+2].[Ni+2].[Ni+2].[Ni+2]. The van der Waals surface area contributed by atoms with Gasteiger partial charge in [0.2, 0.25) is 0 Å². The molecule has 0 aromatic carbocycles. The maximum absolute atomic E-state index is 11.1. The smallest absolute Gasteiger partial charge is 0.856 e. The summed E-state index contributed by atoms with van der Waals surface area (Å²) in [5.74, 6) is -3.00. The van der Waals surface area contributed by atoms with E-state index in [0.717, 1.165) is 28.4 Å². The third-order valence-corrected chi connectivity index (χ3v) is 6.54. The van der Waals surface area contributed by atoms with Gasteiger partial charge in [-0.25, -0.2) is 0 Å². The quantitative estimate of drug-likeness (QED) is 0.0157. The number of rotatable bonds is 12. The molecule has 52 heteroatoms. The second-order valence-corrected chi connectivity index (χ2v) is 12.1. The summed E-state index contributed by atoms with van der Waals surface area (Å²) in [5, 5.41) is 202. The average Bonchev–Trinajstić information content (AvgIpc) is 3.40. The summed E-state index contributed by atoms with van der Waals surface area (Å²) < 4.78 is 0. The predicted molar refractivity (Wildman–Crippen MR) is 303 cm³/mol. The molecule has 0 aliphatic heterocycles. The summed E-state index contributed by atoms with van der Waals surface area (Å²) in [5.41, 5.74) is 23.1. The summed E-state index contributed by atoms with van der Waals surface area (Å²) in [7, 11) is 4.00. The molecule has 0 spiro atoms. The summed E-state index contributed by atoms with van der Waals surface area (Å²) in [6, 6.07) is 20.3. The third-order valence-electron chi connectivity index (χ3n) is 6.54. The Labute approximate surface area is 557 Å². The first-order valence-electron chi connectivity index (χ1n) is 21.3. The molecule has 0 atom stereocenters. The zero-order chi connectivity index (χ0) is 70.2. The number of aliphatic hydroxyl groups excluding tert-OH is 4. The maximum Gasteiger partial charge on any atom is 2.00 e. The van der Waals surface area contributed by atoms with E-state index in [0.29, 0.717) is 22.8 Å². The Balaban J connectivity index is -0.0000000818. The van der Waals surface area contributed by atoms with Crippen LogP contribution in [0.4, 0.5) is 0 Å². The first kappa shape index (κ1) is 109. The molecule has 0 aliphatic rings. The number of aliphatic hydroxyl groups is 4. The van der Waals surface area contributed by atoms with Gasteiger partial charge in [0.05, 0.1) is 43.2 Å². The van der Waals surface area contributed by atoms with E-state index in [1.807, 2.05) is 0 Å². The van der Waals surface area contributed by atoms with Crippen LogP contribution in [0.3, 0.4) is 0 Å². The number of nitrogens with two attached hydrogens (primary N) is 4. The molecule has 0 saturated heterocycles. The van der Waals surface area contributed by atoms with Crippen molar-refractivity contribution < 1.29 is 148 Å². The molecule has 0 radical (unpaired) electrons. The molecular weight excluding hydrogens is 1440 g/mol. The van der Waals surface area contributed by atoms with Gasteiger partial charge in [-0.05, 0) is 76.2 Å². The molecule has 16 N–H and O–H groups in total. The number of oxime groups is 4. The molecule has 48 nitrogen and oxygen atoms in total. The van der Waals surface area contributed by atoms with Crippen LogP contribution in [0.2, 0.25) is 0 Å². The van der Waals surface area contributed by atoms with Gasteiger partial charge in [-0.15, -0.1) is 20.4 Å². The van der Waals surface area contributed by atoms with Crippen LogP contribution in [0.1, 0.15) is 50.5 Å². The summed E-state index contributed by atoms with van der Waals surface area (Å²) in [6.07, 6.45) is 6.17. The van der Waals surface area contributed by atoms with Crippen LogP contribution < -0.4 is 43.4 Å². The van der Waals surface area contributed by atoms with Crippen molar-refractivity contribution in [3.8, 4) is 0 Å². The topological polar surface area (TPSA) is 823 Å². The number of amidine groups is 4. The van der Waals surface area contributed by atoms with E-state index in [-0.39, 0.29) is 112 Å². The Morgan fingerprint density at radius 1 is 0.326 bits per heavy atom. The largest absolute Gasteiger partial charge is 2.00 e. The monoisotopic (exact) mass is 1490 g/mol. The Morgan fingerprint density at radius 2 is 0.457 bits per heavy atom. The minimum Gasteiger partial charge on any atom is -0.856 e. The zero-order valence-corrected chi connectivity index (χ0v) is 51.8. The van der Waals surface area contributed by atoms with E-state index >= 15 is 0 Å². The Kier molecular flexibility index (Phi) is 89.8. The van der Waals surface area contributed by atoms with E-state index in [1.165, 1.54) is 27.7 Å². The van der Waals surface area contributed by atoms with Crippen molar-refractivity contribution >= 4 is 69.8 Å². The number of pyridine rings is 4. The van der Waals surface area contributed by atoms with Gasteiger partial charge >= 0.3 is 66.0 Å². The first-order valence-corrected chi connectivity index (χ1v) is 21.3. The summed E-state index contributed by atoms with van der Waals surface area (Å²) in [4.78, 5) is 48.7. The summed E-state index contributed by atoms with van der Waals surface area (Å²) >= 11 is 0. The van der Waals surface area contributed by atoms with Gasteiger partial charge in [-0.1, -0.05) is 44.9 Å². The van der Waals surface area contributed by atoms with Crippen LogP contribution >= 0.6 is 0 Å². The Bertz CT molecular complexity index is 2520. The van der Waals surface area contributed by atoms with Crippen LogP contribution in [0, 0.1) is 61.3 Å². The molecule has 0 fully saturated rings. The van der Waals surface area contributed by atoms with Crippen LogP contribution in [0.25, 0.3) is 0 Å². The van der Waals surface area contributed by atoms with Gasteiger partial charge in [0.15, 0.2) is 23.3 Å². The molecule has 520 valence electrons. The number of aromatic nitrogens is 4. The fourth-order valence-corrected chi connectivity index (χ4v) is 3.12. The first-order chi connectivity index (χ1) is 41.5. The zero-order valence-electron chi connectivity index (χ0n) is 47.9. The molecule has 4 heterocycles. The van der Waals surface area contributed by atoms with Gasteiger partial charge in [0.25, 0.3) is 0 Å². The molecular formula is C40H56N24Ni4O24. The van der Waals surface area contributed by atoms with E-state index in [9.17, 15) is 20.4 Å². The molecule has 4 aromatic heterocycles. The molecule has 4 aromatic rings. The van der Waals surface area contributed by atoms with Gasteiger partial charge in [-0.2, -0.15) is 20.4 Å². The van der Waals surface area contributed by atoms with Gasteiger partial charge < -0.3 is 146 Å². The molecule has 0 aliphatic carbocycles. The van der Waals surface area contributed by atoms with Gasteiger partial charge in [0.1, 0.15) is 22.8 Å². The normalized spacial score (nSPS) is 11.0. The minimum absolute atomic E-state index is 0. The van der Waals surface area contributed by atoms with Crippen molar-refractivity contribution in [2.24, 2.45) is 84.4 Å². The van der Waals surface area contributed by atoms with Gasteiger partial charge in [0, 0.05) is 76.8 Å².